The van der Waals surface area contributed by atoms with Crippen LogP contribution in [0.25, 0.3) is 0 Å². The molecule has 1 amide bonds. The predicted molar refractivity (Wildman–Crippen MR) is 58.9 cm³/mol. The number of rotatable bonds is 2. The van der Waals surface area contributed by atoms with Gasteiger partial charge in [-0.25, -0.2) is 0 Å². The highest BCUT2D eigenvalue weighted by molar-refractivity contribution is 5.92. The lowest BCUT2D eigenvalue weighted by Crippen LogP contribution is -2.40. The summed E-state index contributed by atoms with van der Waals surface area (Å²) in [6.07, 6.45) is 5.38. The van der Waals surface area contributed by atoms with Crippen molar-refractivity contribution < 1.29 is 9.32 Å². The van der Waals surface area contributed by atoms with E-state index >= 15 is 0 Å². The summed E-state index contributed by atoms with van der Waals surface area (Å²) in [4.78, 5) is 11.8. The van der Waals surface area contributed by atoms with Gasteiger partial charge in [0.25, 0.3) is 5.91 Å². The molecule has 5 nitrogen and oxygen atoms in total. The number of amides is 1. The Balaban J connectivity index is 1.91. The Bertz CT molecular complexity index is 367. The molecule has 16 heavy (non-hydrogen) atoms. The topological polar surface area (TPSA) is 81.2 Å². The summed E-state index contributed by atoms with van der Waals surface area (Å²) in [5, 5.41) is 6.55. The highest BCUT2D eigenvalue weighted by Gasteiger charge is 2.22. The van der Waals surface area contributed by atoms with Crippen molar-refractivity contribution in [2.75, 3.05) is 0 Å². The van der Waals surface area contributed by atoms with Gasteiger partial charge in [-0.05, 0) is 32.6 Å². The molecule has 1 aromatic rings. The number of nitrogens with one attached hydrogen (secondary N) is 1. The first-order valence-corrected chi connectivity index (χ1v) is 5.64. The minimum atomic E-state index is -0.171. The lowest BCUT2D eigenvalue weighted by molar-refractivity contribution is 0.0887. The second kappa shape index (κ2) is 4.65. The van der Waals surface area contributed by atoms with Gasteiger partial charge in [-0.15, -0.1) is 0 Å². The zero-order valence-corrected chi connectivity index (χ0v) is 9.40. The zero-order valence-electron chi connectivity index (χ0n) is 9.40. The van der Waals surface area contributed by atoms with E-state index in [0.29, 0.717) is 11.8 Å². The van der Waals surface area contributed by atoms with Gasteiger partial charge in [0.1, 0.15) is 0 Å². The van der Waals surface area contributed by atoms with Crippen molar-refractivity contribution in [1.82, 2.24) is 10.5 Å². The second-order valence-electron chi connectivity index (χ2n) is 4.42. The smallest absolute Gasteiger partial charge is 0.290 e. The lowest BCUT2D eigenvalue weighted by Gasteiger charge is -2.26. The molecule has 2 rings (SSSR count). The minimum Gasteiger partial charge on any atom is -0.351 e. The summed E-state index contributed by atoms with van der Waals surface area (Å²) in [7, 11) is 0. The van der Waals surface area contributed by atoms with Gasteiger partial charge in [0.15, 0.2) is 0 Å². The molecule has 3 N–H and O–H groups in total. The van der Waals surface area contributed by atoms with Gasteiger partial charge >= 0.3 is 0 Å². The van der Waals surface area contributed by atoms with Crippen molar-refractivity contribution >= 4 is 5.91 Å². The molecule has 0 bridgehead atoms. The molecule has 0 atom stereocenters. The van der Waals surface area contributed by atoms with E-state index in [1.807, 2.05) is 6.92 Å². The Kier molecular flexibility index (Phi) is 3.24. The van der Waals surface area contributed by atoms with Gasteiger partial charge in [-0.2, -0.15) is 0 Å². The van der Waals surface area contributed by atoms with Gasteiger partial charge in [0.2, 0.25) is 5.76 Å². The fourth-order valence-electron chi connectivity index (χ4n) is 2.02. The van der Waals surface area contributed by atoms with Crippen molar-refractivity contribution in [1.29, 1.82) is 0 Å². The summed E-state index contributed by atoms with van der Waals surface area (Å²) in [5.74, 6) is 0.144. The van der Waals surface area contributed by atoms with Crippen molar-refractivity contribution in [3.63, 3.8) is 0 Å². The van der Waals surface area contributed by atoms with Crippen molar-refractivity contribution in [3.05, 3.63) is 17.5 Å². The fourth-order valence-corrected chi connectivity index (χ4v) is 2.02. The molecule has 1 aliphatic rings. The van der Waals surface area contributed by atoms with Crippen LogP contribution in [-0.4, -0.2) is 23.1 Å². The SMILES string of the molecule is Cc1cnoc1C(=O)NC1CCC(N)CC1. The van der Waals surface area contributed by atoms with Gasteiger partial charge in [0, 0.05) is 17.6 Å². The van der Waals surface area contributed by atoms with Crippen molar-refractivity contribution in [2.45, 2.75) is 44.7 Å². The Morgan fingerprint density at radius 2 is 2.19 bits per heavy atom. The predicted octanol–water partition coefficient (Wildman–Crippen LogP) is 0.983. The van der Waals surface area contributed by atoms with Gasteiger partial charge in [0.05, 0.1) is 6.20 Å². The van der Waals surface area contributed by atoms with Crippen LogP contribution in [-0.2, 0) is 0 Å². The van der Waals surface area contributed by atoms with Gasteiger partial charge in [-0.3, -0.25) is 4.79 Å². The van der Waals surface area contributed by atoms with E-state index < -0.39 is 0 Å². The Morgan fingerprint density at radius 1 is 1.50 bits per heavy atom. The summed E-state index contributed by atoms with van der Waals surface area (Å²) in [6, 6.07) is 0.511. The molecule has 1 aromatic heterocycles. The molecule has 88 valence electrons. The number of aromatic nitrogens is 1. The van der Waals surface area contributed by atoms with Crippen LogP contribution in [0.2, 0.25) is 0 Å². The summed E-state index contributed by atoms with van der Waals surface area (Å²) in [6.45, 7) is 1.81. The molecular formula is C11H17N3O2. The monoisotopic (exact) mass is 223 g/mol. The quantitative estimate of drug-likeness (QED) is 0.783. The van der Waals surface area contributed by atoms with Crippen LogP contribution in [0.3, 0.4) is 0 Å². The van der Waals surface area contributed by atoms with E-state index in [9.17, 15) is 4.79 Å². The Hall–Kier alpha value is -1.36. The molecule has 5 heteroatoms. The van der Waals surface area contributed by atoms with Crippen molar-refractivity contribution in [3.8, 4) is 0 Å². The molecule has 0 aromatic carbocycles. The highest BCUT2D eigenvalue weighted by Crippen LogP contribution is 2.17. The zero-order chi connectivity index (χ0) is 11.5. The van der Waals surface area contributed by atoms with Crippen LogP contribution in [0, 0.1) is 6.92 Å². The molecule has 0 radical (unpaired) electrons. The first-order valence-electron chi connectivity index (χ1n) is 5.64. The summed E-state index contributed by atoms with van der Waals surface area (Å²) >= 11 is 0. The van der Waals surface area contributed by atoms with Crippen LogP contribution < -0.4 is 11.1 Å². The fraction of sp³-hybridized carbons (Fsp3) is 0.636. The van der Waals surface area contributed by atoms with E-state index in [1.165, 1.54) is 0 Å². The van der Waals surface area contributed by atoms with E-state index in [1.54, 1.807) is 6.20 Å². The normalized spacial score (nSPS) is 25.4. The first-order chi connectivity index (χ1) is 7.66. The third kappa shape index (κ3) is 2.41. The minimum absolute atomic E-state index is 0.171. The average Bonchev–Trinajstić information content (AvgIpc) is 2.68. The third-order valence-corrected chi connectivity index (χ3v) is 3.06. The van der Waals surface area contributed by atoms with E-state index in [2.05, 4.69) is 10.5 Å². The summed E-state index contributed by atoms with van der Waals surface area (Å²) in [5.41, 5.74) is 6.57. The van der Waals surface area contributed by atoms with Crippen LogP contribution in [0.1, 0.15) is 41.8 Å². The molecule has 0 unspecified atom stereocenters. The number of carbonyl (C=O) groups excluding carboxylic acids is 1. The maximum atomic E-state index is 11.8. The van der Waals surface area contributed by atoms with E-state index in [0.717, 1.165) is 31.2 Å². The number of nitrogens with two attached hydrogens (primary N) is 1. The molecule has 1 fully saturated rings. The average molecular weight is 223 g/mol. The molecule has 0 aliphatic heterocycles. The molecule has 0 spiro atoms. The Labute approximate surface area is 94.4 Å². The van der Waals surface area contributed by atoms with Gasteiger partial charge in [-0.1, -0.05) is 5.16 Å². The third-order valence-electron chi connectivity index (χ3n) is 3.06. The van der Waals surface area contributed by atoms with E-state index in [-0.39, 0.29) is 11.9 Å². The van der Waals surface area contributed by atoms with Crippen LogP contribution in [0.5, 0.6) is 0 Å². The maximum Gasteiger partial charge on any atom is 0.290 e. The molecular weight excluding hydrogens is 206 g/mol. The summed E-state index contributed by atoms with van der Waals surface area (Å²) < 4.78 is 4.90. The lowest BCUT2D eigenvalue weighted by atomic mass is 9.92. The molecule has 1 saturated carbocycles. The Morgan fingerprint density at radius 3 is 2.75 bits per heavy atom. The number of hydrogen-bond donors (Lipinski definition) is 2. The van der Waals surface area contributed by atoms with Crippen LogP contribution in [0.4, 0.5) is 0 Å². The number of hydrogen-bond acceptors (Lipinski definition) is 4. The molecule has 1 heterocycles. The van der Waals surface area contributed by atoms with E-state index in [4.69, 9.17) is 10.3 Å². The maximum absolute atomic E-state index is 11.8. The number of aryl methyl sites for hydroxylation is 1. The first kappa shape index (κ1) is 11.1. The second-order valence-corrected chi connectivity index (χ2v) is 4.42. The van der Waals surface area contributed by atoms with Gasteiger partial charge < -0.3 is 15.6 Å². The molecule has 1 aliphatic carbocycles. The number of nitrogens with zero attached hydrogens (tertiary/aromatic N) is 1. The molecule has 0 saturated heterocycles. The van der Waals surface area contributed by atoms with Crippen LogP contribution >= 0.6 is 0 Å². The highest BCUT2D eigenvalue weighted by atomic mass is 16.5. The number of carbonyl (C=O) groups is 1. The van der Waals surface area contributed by atoms with Crippen molar-refractivity contribution in [2.24, 2.45) is 5.73 Å². The standard InChI is InChI=1S/C11H17N3O2/c1-7-6-13-16-10(7)11(15)14-9-4-2-8(12)3-5-9/h6,8-9H,2-5,12H2,1H3,(H,14,15). The van der Waals surface area contributed by atoms with Crippen LogP contribution in [0.15, 0.2) is 10.7 Å². The largest absolute Gasteiger partial charge is 0.351 e.